The van der Waals surface area contributed by atoms with E-state index in [1.54, 1.807) is 24.3 Å². The summed E-state index contributed by atoms with van der Waals surface area (Å²) in [6.07, 6.45) is -2.40. The van der Waals surface area contributed by atoms with E-state index < -0.39 is 6.43 Å². The van der Waals surface area contributed by atoms with Gasteiger partial charge in [0.2, 0.25) is 6.43 Å². The lowest BCUT2D eigenvalue weighted by atomic mass is 10.3. The van der Waals surface area contributed by atoms with Gasteiger partial charge < -0.3 is 11.1 Å². The molecule has 1 rings (SSSR count). The van der Waals surface area contributed by atoms with Crippen LogP contribution in [0.15, 0.2) is 24.3 Å². The van der Waals surface area contributed by atoms with E-state index in [0.29, 0.717) is 5.69 Å². The molecule has 0 amide bonds. The van der Waals surface area contributed by atoms with Gasteiger partial charge in [-0.3, -0.25) is 0 Å². The molecule has 13 heavy (non-hydrogen) atoms. The van der Waals surface area contributed by atoms with Gasteiger partial charge in [0, 0.05) is 24.3 Å². The van der Waals surface area contributed by atoms with Crippen molar-refractivity contribution in [1.29, 1.82) is 0 Å². The number of hydrogen-bond acceptors (Lipinski definition) is 2. The van der Waals surface area contributed by atoms with Crippen molar-refractivity contribution in [3.05, 3.63) is 24.3 Å². The van der Waals surface area contributed by atoms with Crippen molar-refractivity contribution in [2.24, 2.45) is 0 Å². The first-order valence-corrected chi connectivity index (χ1v) is 4.06. The molecule has 4 heteroatoms. The number of hydrogen-bond donors (Lipinski definition) is 2. The molecule has 0 aromatic heterocycles. The second-order valence-corrected chi connectivity index (χ2v) is 2.73. The zero-order valence-electron chi connectivity index (χ0n) is 7.13. The SMILES string of the molecule is Nc1cccc(NCCC(F)F)c1. The fraction of sp³-hybridized carbons (Fsp3) is 0.333. The smallest absolute Gasteiger partial charge is 0.240 e. The van der Waals surface area contributed by atoms with E-state index in [0.717, 1.165) is 5.69 Å². The highest BCUT2D eigenvalue weighted by Crippen LogP contribution is 2.11. The van der Waals surface area contributed by atoms with Gasteiger partial charge in [0.25, 0.3) is 0 Å². The molecule has 2 nitrogen and oxygen atoms in total. The molecule has 0 unspecified atom stereocenters. The Morgan fingerprint density at radius 3 is 2.77 bits per heavy atom. The minimum atomic E-state index is -2.26. The fourth-order valence-corrected chi connectivity index (χ4v) is 0.974. The molecule has 1 aromatic rings. The van der Waals surface area contributed by atoms with Gasteiger partial charge in [-0.15, -0.1) is 0 Å². The summed E-state index contributed by atoms with van der Waals surface area (Å²) in [5.74, 6) is 0. The van der Waals surface area contributed by atoms with Crippen LogP contribution in [0, 0.1) is 0 Å². The van der Waals surface area contributed by atoms with E-state index >= 15 is 0 Å². The zero-order chi connectivity index (χ0) is 9.68. The number of alkyl halides is 2. The summed E-state index contributed by atoms with van der Waals surface area (Å²) in [7, 11) is 0. The number of anilines is 2. The van der Waals surface area contributed by atoms with E-state index in [-0.39, 0.29) is 13.0 Å². The number of halogens is 2. The molecule has 0 aliphatic carbocycles. The molecule has 72 valence electrons. The molecule has 0 spiro atoms. The lowest BCUT2D eigenvalue weighted by Gasteiger charge is -2.05. The molecule has 0 radical (unpaired) electrons. The molecule has 3 N–H and O–H groups in total. The Bertz CT molecular complexity index is 264. The Morgan fingerprint density at radius 2 is 2.15 bits per heavy atom. The van der Waals surface area contributed by atoms with Crippen molar-refractivity contribution >= 4 is 11.4 Å². The quantitative estimate of drug-likeness (QED) is 0.708. The van der Waals surface area contributed by atoms with Gasteiger partial charge in [-0.1, -0.05) is 6.07 Å². The Labute approximate surface area is 75.7 Å². The molecule has 0 fully saturated rings. The maximum Gasteiger partial charge on any atom is 0.240 e. The van der Waals surface area contributed by atoms with Crippen molar-refractivity contribution in [2.45, 2.75) is 12.8 Å². The standard InChI is InChI=1S/C9H12F2N2/c10-9(11)4-5-13-8-3-1-2-7(12)6-8/h1-3,6,9,13H,4-5,12H2. The molecule has 0 aliphatic heterocycles. The highest BCUT2D eigenvalue weighted by molar-refractivity contribution is 5.53. The van der Waals surface area contributed by atoms with Crippen LogP contribution in [0.5, 0.6) is 0 Å². The lowest BCUT2D eigenvalue weighted by Crippen LogP contribution is -2.06. The number of nitrogen functional groups attached to an aromatic ring is 1. The topological polar surface area (TPSA) is 38.0 Å². The second-order valence-electron chi connectivity index (χ2n) is 2.73. The summed E-state index contributed by atoms with van der Waals surface area (Å²) in [6, 6.07) is 7.03. The minimum Gasteiger partial charge on any atom is -0.399 e. The summed E-state index contributed by atoms with van der Waals surface area (Å²) in [4.78, 5) is 0. The largest absolute Gasteiger partial charge is 0.399 e. The Kier molecular flexibility index (Phi) is 3.49. The highest BCUT2D eigenvalue weighted by atomic mass is 19.3. The number of rotatable bonds is 4. The van der Waals surface area contributed by atoms with Crippen molar-refractivity contribution in [1.82, 2.24) is 0 Å². The Hall–Kier alpha value is -1.32. The second kappa shape index (κ2) is 4.64. The van der Waals surface area contributed by atoms with Crippen LogP contribution >= 0.6 is 0 Å². The average Bonchev–Trinajstić information content (AvgIpc) is 2.03. The van der Waals surface area contributed by atoms with Gasteiger partial charge in [0.15, 0.2) is 0 Å². The van der Waals surface area contributed by atoms with Crippen molar-refractivity contribution in [2.75, 3.05) is 17.6 Å². The van der Waals surface area contributed by atoms with Crippen LogP contribution in [0.2, 0.25) is 0 Å². The van der Waals surface area contributed by atoms with Crippen molar-refractivity contribution in [3.63, 3.8) is 0 Å². The van der Waals surface area contributed by atoms with Crippen LogP contribution in [-0.2, 0) is 0 Å². The summed E-state index contributed by atoms with van der Waals surface area (Å²) in [5.41, 5.74) is 6.91. The summed E-state index contributed by atoms with van der Waals surface area (Å²) < 4.78 is 23.5. The van der Waals surface area contributed by atoms with Crippen molar-refractivity contribution in [3.8, 4) is 0 Å². The first-order valence-electron chi connectivity index (χ1n) is 4.06. The van der Waals surface area contributed by atoms with Crippen molar-refractivity contribution < 1.29 is 8.78 Å². The number of benzene rings is 1. The Morgan fingerprint density at radius 1 is 1.38 bits per heavy atom. The zero-order valence-corrected chi connectivity index (χ0v) is 7.13. The highest BCUT2D eigenvalue weighted by Gasteiger charge is 2.00. The summed E-state index contributed by atoms with van der Waals surface area (Å²) >= 11 is 0. The van der Waals surface area contributed by atoms with Gasteiger partial charge in [0.05, 0.1) is 0 Å². The molecule has 0 saturated heterocycles. The van der Waals surface area contributed by atoms with Gasteiger partial charge >= 0.3 is 0 Å². The first-order chi connectivity index (χ1) is 6.18. The molecule has 0 aliphatic rings. The average molecular weight is 186 g/mol. The summed E-state index contributed by atoms with van der Waals surface area (Å²) in [6.45, 7) is 0.265. The van der Waals surface area contributed by atoms with E-state index in [9.17, 15) is 8.78 Å². The predicted molar refractivity (Wildman–Crippen MR) is 50.0 cm³/mol. The number of nitrogens with two attached hydrogens (primary N) is 1. The van der Waals surface area contributed by atoms with Crippen LogP contribution < -0.4 is 11.1 Å². The van der Waals surface area contributed by atoms with Gasteiger partial charge in [0.1, 0.15) is 0 Å². The van der Waals surface area contributed by atoms with Crippen LogP contribution in [0.4, 0.5) is 20.2 Å². The minimum absolute atomic E-state index is 0.144. The molecule has 0 atom stereocenters. The molecule has 0 bridgehead atoms. The molecule has 1 aromatic carbocycles. The summed E-state index contributed by atoms with van der Waals surface area (Å²) in [5, 5.41) is 2.86. The molecular formula is C9H12F2N2. The van der Waals surface area contributed by atoms with Crippen LogP contribution in [0.1, 0.15) is 6.42 Å². The molecular weight excluding hydrogens is 174 g/mol. The van der Waals surface area contributed by atoms with Gasteiger partial charge in [-0.25, -0.2) is 8.78 Å². The predicted octanol–water partition coefficient (Wildman–Crippen LogP) is 2.34. The lowest BCUT2D eigenvalue weighted by molar-refractivity contribution is 0.142. The third-order valence-electron chi connectivity index (χ3n) is 1.58. The number of nitrogens with one attached hydrogen (secondary N) is 1. The Balaban J connectivity index is 2.37. The van der Waals surface area contributed by atoms with E-state index in [2.05, 4.69) is 5.32 Å². The van der Waals surface area contributed by atoms with E-state index in [1.807, 2.05) is 0 Å². The molecule has 0 heterocycles. The van der Waals surface area contributed by atoms with Crippen LogP contribution in [0.3, 0.4) is 0 Å². The fourth-order valence-electron chi connectivity index (χ4n) is 0.974. The maximum atomic E-state index is 11.8. The third-order valence-corrected chi connectivity index (χ3v) is 1.58. The van der Waals surface area contributed by atoms with Crippen LogP contribution in [0.25, 0.3) is 0 Å². The molecule has 0 saturated carbocycles. The van der Waals surface area contributed by atoms with Gasteiger partial charge in [-0.05, 0) is 18.2 Å². The normalized spacial score (nSPS) is 10.4. The third kappa shape index (κ3) is 3.73. The van der Waals surface area contributed by atoms with Crippen LogP contribution in [-0.4, -0.2) is 13.0 Å². The van der Waals surface area contributed by atoms with E-state index in [1.165, 1.54) is 0 Å². The monoisotopic (exact) mass is 186 g/mol. The van der Waals surface area contributed by atoms with Gasteiger partial charge in [-0.2, -0.15) is 0 Å². The maximum absolute atomic E-state index is 11.8. The van der Waals surface area contributed by atoms with E-state index in [4.69, 9.17) is 5.73 Å². The first kappa shape index (κ1) is 9.77.